The quantitative estimate of drug-likeness (QED) is 0.571. The Hall–Kier alpha value is 1.42. The third-order valence-corrected chi connectivity index (χ3v) is 2.40. The molecule has 0 spiro atoms. The van der Waals surface area contributed by atoms with Gasteiger partial charge in [-0.2, -0.15) is 0 Å². The van der Waals surface area contributed by atoms with Gasteiger partial charge in [-0.05, 0) is 12.8 Å². The summed E-state index contributed by atoms with van der Waals surface area (Å²) in [5.74, 6) is -3.28. The second-order valence-electron chi connectivity index (χ2n) is 3.17. The maximum atomic E-state index is 10.6. The molecule has 2 unspecified atom stereocenters. The fraction of sp³-hybridized carbons (Fsp3) is 0.750. The van der Waals surface area contributed by atoms with Gasteiger partial charge in [0.25, 0.3) is 0 Å². The third-order valence-electron chi connectivity index (χ3n) is 2.40. The molecule has 0 radical (unpaired) electrons. The van der Waals surface area contributed by atoms with Gasteiger partial charge in [0.1, 0.15) is 0 Å². The van der Waals surface area contributed by atoms with Crippen molar-refractivity contribution in [2.75, 3.05) is 0 Å². The Morgan fingerprint density at radius 3 is 1.50 bits per heavy atom. The van der Waals surface area contributed by atoms with Crippen LogP contribution in [0.2, 0.25) is 0 Å². The van der Waals surface area contributed by atoms with E-state index in [1.165, 1.54) is 0 Å². The zero-order valence-corrected chi connectivity index (χ0v) is 13.9. The summed E-state index contributed by atoms with van der Waals surface area (Å²) < 4.78 is 0. The van der Waals surface area contributed by atoms with Crippen LogP contribution in [0.5, 0.6) is 0 Å². The number of hydrogen-bond donors (Lipinski definition) is 2. The average molecular weight is 286 g/mol. The van der Waals surface area contributed by atoms with E-state index >= 15 is 0 Å². The molecule has 1 fully saturated rings. The van der Waals surface area contributed by atoms with Crippen molar-refractivity contribution in [3.63, 3.8) is 0 Å². The molecule has 0 aromatic rings. The topological polar surface area (TPSA) is 74.6 Å². The monoisotopic (exact) mass is 286 g/mol. The Kier molecular flexibility index (Phi) is 10.9. The molecule has 0 amide bonds. The summed E-state index contributed by atoms with van der Waals surface area (Å²) in [6.45, 7) is 0. The molecular weight excluding hydrogens is 271 g/mol. The fourth-order valence-electron chi connectivity index (χ4n) is 1.72. The summed E-state index contributed by atoms with van der Waals surface area (Å²) in [4.78, 5) is 21.2. The van der Waals surface area contributed by atoms with Crippen molar-refractivity contribution in [2.24, 2.45) is 11.8 Å². The Morgan fingerprint density at radius 2 is 1.29 bits per heavy atom. The van der Waals surface area contributed by atoms with E-state index in [1.54, 1.807) is 0 Å². The molecular formula is C8H15NaO4Sr. The second-order valence-corrected chi connectivity index (χ2v) is 3.17. The Labute approximate surface area is 146 Å². The van der Waals surface area contributed by atoms with Crippen molar-refractivity contribution in [1.29, 1.82) is 0 Å². The zero-order valence-electron chi connectivity index (χ0n) is 11.4. The van der Waals surface area contributed by atoms with Gasteiger partial charge in [-0.1, -0.05) is 12.8 Å². The maximum absolute atomic E-state index is 10.6. The smallest absolute Gasteiger partial charge is 1.00 e. The summed E-state index contributed by atoms with van der Waals surface area (Å²) in [5, 5.41) is 17.4. The largest absolute Gasteiger partial charge is 2.00 e. The van der Waals surface area contributed by atoms with Gasteiger partial charge in [0.05, 0.1) is 11.8 Å². The average Bonchev–Trinajstić information content (AvgIpc) is 2.04. The van der Waals surface area contributed by atoms with Crippen molar-refractivity contribution >= 4 is 57.4 Å². The molecule has 6 heteroatoms. The first-order chi connectivity index (χ1) is 5.63. The first kappa shape index (κ1) is 17.8. The summed E-state index contributed by atoms with van der Waals surface area (Å²) in [5.41, 5.74) is 0. The predicted molar refractivity (Wildman–Crippen MR) is 49.8 cm³/mol. The van der Waals surface area contributed by atoms with Crippen LogP contribution in [-0.2, 0) is 9.59 Å². The number of aliphatic carboxylic acids is 2. The summed E-state index contributed by atoms with van der Waals surface area (Å²) in [6, 6.07) is 0. The van der Waals surface area contributed by atoms with Crippen molar-refractivity contribution in [2.45, 2.75) is 25.7 Å². The molecule has 74 valence electrons. The van der Waals surface area contributed by atoms with E-state index in [-0.39, 0.29) is 79.3 Å². The van der Waals surface area contributed by atoms with Crippen LogP contribution in [0.3, 0.4) is 0 Å². The number of hydrogen-bond acceptors (Lipinski definition) is 2. The molecule has 4 nitrogen and oxygen atoms in total. The normalized spacial score (nSPS) is 25.4. The van der Waals surface area contributed by atoms with Crippen LogP contribution in [0.1, 0.15) is 30.0 Å². The minimum Gasteiger partial charge on any atom is -1.00 e. The summed E-state index contributed by atoms with van der Waals surface area (Å²) in [7, 11) is 0. The third kappa shape index (κ3) is 4.96. The zero-order chi connectivity index (χ0) is 9.14. The fourth-order valence-corrected chi connectivity index (χ4v) is 1.72. The standard InChI is InChI=1S/C8H12O4.Na.Sr.3H/c9-7(10)5-3-1-2-4-6(5)8(11)12;;;;;/h5-6H,1-4H2,(H,9,10)(H,11,12);;;;;/q;+1;+2;3*-1. The van der Waals surface area contributed by atoms with Crippen LogP contribution >= 0.6 is 0 Å². The van der Waals surface area contributed by atoms with E-state index < -0.39 is 23.8 Å². The van der Waals surface area contributed by atoms with Crippen LogP contribution < -0.4 is 29.6 Å². The molecule has 0 bridgehead atoms. The van der Waals surface area contributed by atoms with Gasteiger partial charge >= 0.3 is 87.0 Å². The van der Waals surface area contributed by atoms with Gasteiger partial charge in [0, 0.05) is 0 Å². The SMILES string of the molecule is O=C(O)C1CCCCC1C(=O)O.[H-].[H-].[H-].[Na+].[Sr+2]. The van der Waals surface area contributed by atoms with Gasteiger partial charge < -0.3 is 14.5 Å². The molecule has 0 aromatic heterocycles. The number of carbonyl (C=O) groups is 2. The Morgan fingerprint density at radius 1 is 1.00 bits per heavy atom. The minimum absolute atomic E-state index is 0. The first-order valence-corrected chi connectivity index (χ1v) is 4.08. The maximum Gasteiger partial charge on any atom is 2.00 e. The molecule has 2 atom stereocenters. The van der Waals surface area contributed by atoms with E-state index in [9.17, 15) is 9.59 Å². The van der Waals surface area contributed by atoms with Crippen LogP contribution in [0.4, 0.5) is 0 Å². The first-order valence-electron chi connectivity index (χ1n) is 4.08. The number of carboxylic acids is 2. The predicted octanol–water partition coefficient (Wildman–Crippen LogP) is -2.08. The van der Waals surface area contributed by atoms with Gasteiger partial charge in [-0.25, -0.2) is 0 Å². The van der Waals surface area contributed by atoms with Crippen LogP contribution in [-0.4, -0.2) is 67.6 Å². The van der Waals surface area contributed by atoms with Crippen molar-refractivity contribution < 1.29 is 53.6 Å². The van der Waals surface area contributed by atoms with E-state index in [0.29, 0.717) is 12.8 Å². The molecule has 1 rings (SSSR count). The number of carboxylic acid groups (broad SMARTS) is 2. The van der Waals surface area contributed by atoms with Crippen LogP contribution in [0.15, 0.2) is 0 Å². The van der Waals surface area contributed by atoms with Gasteiger partial charge in [0.15, 0.2) is 0 Å². The number of rotatable bonds is 2. The van der Waals surface area contributed by atoms with E-state index in [2.05, 4.69) is 0 Å². The second kappa shape index (κ2) is 8.56. The molecule has 1 aliphatic carbocycles. The Bertz CT molecular complexity index is 199. The van der Waals surface area contributed by atoms with Crippen molar-refractivity contribution in [1.82, 2.24) is 0 Å². The van der Waals surface area contributed by atoms with Crippen molar-refractivity contribution in [3.05, 3.63) is 0 Å². The molecule has 1 aliphatic rings. The van der Waals surface area contributed by atoms with Crippen LogP contribution in [0.25, 0.3) is 0 Å². The minimum atomic E-state index is -0.970. The van der Waals surface area contributed by atoms with Gasteiger partial charge in [-0.3, -0.25) is 9.59 Å². The van der Waals surface area contributed by atoms with E-state index in [0.717, 1.165) is 12.8 Å². The van der Waals surface area contributed by atoms with E-state index in [4.69, 9.17) is 10.2 Å². The van der Waals surface area contributed by atoms with E-state index in [1.807, 2.05) is 0 Å². The molecule has 1 saturated carbocycles. The van der Waals surface area contributed by atoms with Crippen LogP contribution in [0, 0.1) is 11.8 Å². The Balaban J connectivity index is -0.0000000960. The molecule has 0 aromatic carbocycles. The summed E-state index contributed by atoms with van der Waals surface area (Å²) >= 11 is 0. The molecule has 0 aliphatic heterocycles. The van der Waals surface area contributed by atoms with Gasteiger partial charge in [-0.15, -0.1) is 0 Å². The summed E-state index contributed by atoms with van der Waals surface area (Å²) in [6.07, 6.45) is 2.68. The molecule has 0 saturated heterocycles. The molecule has 2 N–H and O–H groups in total. The van der Waals surface area contributed by atoms with Crippen molar-refractivity contribution in [3.8, 4) is 0 Å². The van der Waals surface area contributed by atoms with Gasteiger partial charge in [0.2, 0.25) is 0 Å². The molecule has 0 heterocycles. The molecule has 14 heavy (non-hydrogen) atoms.